The van der Waals surface area contributed by atoms with Gasteiger partial charge in [0.15, 0.2) is 0 Å². The highest BCUT2D eigenvalue weighted by Crippen LogP contribution is 2.41. The normalized spacial score (nSPS) is 23.0. The van der Waals surface area contributed by atoms with E-state index >= 15 is 0 Å². The Bertz CT molecular complexity index is 1040. The molecule has 1 fully saturated rings. The summed E-state index contributed by atoms with van der Waals surface area (Å²) in [6.07, 6.45) is 8.16. The van der Waals surface area contributed by atoms with Crippen LogP contribution in [-0.4, -0.2) is 32.5 Å². The van der Waals surface area contributed by atoms with Crippen molar-refractivity contribution >= 4 is 28.4 Å². The monoisotopic (exact) mass is 426 g/mol. The molecule has 1 aromatic carbocycles. The summed E-state index contributed by atoms with van der Waals surface area (Å²) in [4.78, 5) is 8.83. The quantitative estimate of drug-likeness (QED) is 0.595. The Kier molecular flexibility index (Phi) is 6.11. The van der Waals surface area contributed by atoms with Gasteiger partial charge in [0.05, 0.1) is 17.1 Å². The third-order valence-electron chi connectivity index (χ3n) is 5.59. The maximum atomic E-state index is 13.5. The first-order valence-corrected chi connectivity index (χ1v) is 11.7. The van der Waals surface area contributed by atoms with Gasteiger partial charge in [0.1, 0.15) is 17.9 Å². The number of fused-ring (bicyclic) bond motifs is 1. The highest BCUT2D eigenvalue weighted by atomic mass is 32.2. The first-order chi connectivity index (χ1) is 14.6. The topological polar surface area (TPSA) is 54.2 Å². The number of nitrogens with zero attached hydrogens (tertiary/aromatic N) is 3. The average molecular weight is 427 g/mol. The molecule has 0 amide bonds. The molecule has 7 heteroatoms. The first-order valence-electron chi connectivity index (χ1n) is 10.4. The number of hydrazine groups is 1. The van der Waals surface area contributed by atoms with Crippen LogP contribution in [0.25, 0.3) is 16.7 Å². The van der Waals surface area contributed by atoms with Gasteiger partial charge < -0.3 is 9.43 Å². The SMILES string of the molecule is CC.CSC1CC(N2C=C(c3ncnc4oc(C)cc34)C(c3ccc(F)cc3)N2)C1. The van der Waals surface area contributed by atoms with Crippen molar-refractivity contribution in [3.8, 4) is 0 Å². The molecule has 30 heavy (non-hydrogen) atoms. The van der Waals surface area contributed by atoms with Crippen molar-refractivity contribution in [3.63, 3.8) is 0 Å². The van der Waals surface area contributed by atoms with Gasteiger partial charge in [-0.15, -0.1) is 0 Å². The largest absolute Gasteiger partial charge is 0.443 e. The van der Waals surface area contributed by atoms with E-state index in [9.17, 15) is 4.39 Å². The highest BCUT2D eigenvalue weighted by molar-refractivity contribution is 7.99. The van der Waals surface area contributed by atoms with Crippen LogP contribution in [-0.2, 0) is 0 Å². The summed E-state index contributed by atoms with van der Waals surface area (Å²) in [6, 6.07) is 9.00. The molecule has 3 aromatic rings. The molecular formula is C23H27FN4OS. The molecular weight excluding hydrogens is 399 g/mol. The fourth-order valence-electron chi connectivity index (χ4n) is 3.96. The number of hydrogen-bond acceptors (Lipinski definition) is 6. The standard InChI is InChI=1S/C21H21FN4OS.C2H6/c1-12-7-17-20(23-11-24-21(17)27-12)18-10-26(15-8-16(9-15)28-2)25-19(18)13-3-5-14(22)6-4-13;1-2/h3-7,10-11,15-16,19,25H,8-9H2,1-2H3;1-2H3. The van der Waals surface area contributed by atoms with E-state index < -0.39 is 0 Å². The molecule has 1 saturated carbocycles. The average Bonchev–Trinajstić information content (AvgIpc) is 3.32. The third kappa shape index (κ3) is 3.84. The lowest BCUT2D eigenvalue weighted by Gasteiger charge is -2.40. The number of halogens is 1. The molecule has 1 unspecified atom stereocenters. The molecule has 0 saturated heterocycles. The van der Waals surface area contributed by atoms with Crippen molar-refractivity contribution in [2.75, 3.05) is 6.26 Å². The van der Waals surface area contributed by atoms with E-state index in [0.717, 1.165) is 46.1 Å². The van der Waals surface area contributed by atoms with Crippen LogP contribution in [0.4, 0.5) is 4.39 Å². The van der Waals surface area contributed by atoms with E-state index in [-0.39, 0.29) is 11.9 Å². The predicted octanol–water partition coefficient (Wildman–Crippen LogP) is 5.49. The van der Waals surface area contributed by atoms with Crippen molar-refractivity contribution in [2.45, 2.75) is 50.9 Å². The van der Waals surface area contributed by atoms with Crippen LogP contribution in [0.2, 0.25) is 0 Å². The molecule has 1 aliphatic heterocycles. The van der Waals surface area contributed by atoms with Gasteiger partial charge in [-0.3, -0.25) is 0 Å². The summed E-state index contributed by atoms with van der Waals surface area (Å²) in [5, 5.41) is 3.82. The number of thioether (sulfide) groups is 1. The molecule has 1 N–H and O–H groups in total. The van der Waals surface area contributed by atoms with Crippen molar-refractivity contribution < 1.29 is 8.81 Å². The molecule has 5 nitrogen and oxygen atoms in total. The van der Waals surface area contributed by atoms with Crippen LogP contribution in [0.5, 0.6) is 0 Å². The summed E-state index contributed by atoms with van der Waals surface area (Å²) >= 11 is 1.92. The number of aryl methyl sites for hydroxylation is 1. The van der Waals surface area contributed by atoms with Crippen molar-refractivity contribution in [2.24, 2.45) is 0 Å². The van der Waals surface area contributed by atoms with E-state index in [2.05, 4.69) is 32.9 Å². The second-order valence-electron chi connectivity index (χ2n) is 7.39. The molecule has 3 heterocycles. The minimum absolute atomic E-state index is 0.0952. The number of nitrogens with one attached hydrogen (secondary N) is 1. The Morgan fingerprint density at radius 1 is 1.17 bits per heavy atom. The highest BCUT2D eigenvalue weighted by Gasteiger charge is 2.38. The Morgan fingerprint density at radius 2 is 1.90 bits per heavy atom. The predicted molar refractivity (Wildman–Crippen MR) is 120 cm³/mol. The zero-order valence-electron chi connectivity index (χ0n) is 17.7. The summed E-state index contributed by atoms with van der Waals surface area (Å²) in [5.74, 6) is 0.570. The lowest BCUT2D eigenvalue weighted by molar-refractivity contribution is 0.137. The molecule has 1 atom stereocenters. The zero-order chi connectivity index (χ0) is 21.3. The van der Waals surface area contributed by atoms with Crippen LogP contribution in [0, 0.1) is 12.7 Å². The second kappa shape index (κ2) is 8.78. The lowest BCUT2D eigenvalue weighted by Crippen LogP contribution is -2.48. The van der Waals surface area contributed by atoms with E-state index in [4.69, 9.17) is 4.42 Å². The summed E-state index contributed by atoms with van der Waals surface area (Å²) in [5.41, 5.74) is 7.10. The molecule has 158 valence electrons. The maximum absolute atomic E-state index is 13.5. The minimum Gasteiger partial charge on any atom is -0.443 e. The van der Waals surface area contributed by atoms with Crippen LogP contribution in [0.3, 0.4) is 0 Å². The van der Waals surface area contributed by atoms with Gasteiger partial charge in [0.2, 0.25) is 5.71 Å². The molecule has 2 aliphatic rings. The van der Waals surface area contributed by atoms with Gasteiger partial charge in [0.25, 0.3) is 0 Å². The fraction of sp³-hybridized carbons (Fsp3) is 0.391. The van der Waals surface area contributed by atoms with Crippen LogP contribution >= 0.6 is 11.8 Å². The fourth-order valence-corrected chi connectivity index (χ4v) is 4.79. The summed E-state index contributed by atoms with van der Waals surface area (Å²) < 4.78 is 19.2. The van der Waals surface area contributed by atoms with Gasteiger partial charge in [-0.1, -0.05) is 26.0 Å². The minimum atomic E-state index is -0.235. The number of furan rings is 1. The zero-order valence-corrected chi connectivity index (χ0v) is 18.5. The number of rotatable bonds is 4. The molecule has 0 bridgehead atoms. The molecule has 5 rings (SSSR count). The van der Waals surface area contributed by atoms with E-state index in [1.54, 1.807) is 6.33 Å². The van der Waals surface area contributed by atoms with Crippen molar-refractivity contribution in [1.82, 2.24) is 20.4 Å². The Labute approximate surface area is 180 Å². The van der Waals surface area contributed by atoms with Crippen molar-refractivity contribution in [1.29, 1.82) is 0 Å². The molecule has 0 radical (unpaired) electrons. The van der Waals surface area contributed by atoms with Crippen LogP contribution in [0.1, 0.15) is 49.7 Å². The Balaban J connectivity index is 0.00000106. The Hall–Kier alpha value is -2.38. The van der Waals surface area contributed by atoms with Crippen LogP contribution in [0.15, 0.2) is 47.3 Å². The Morgan fingerprint density at radius 3 is 2.60 bits per heavy atom. The molecule has 2 aromatic heterocycles. The lowest BCUT2D eigenvalue weighted by atomic mass is 9.92. The van der Waals surface area contributed by atoms with E-state index in [1.807, 2.05) is 50.7 Å². The maximum Gasteiger partial charge on any atom is 0.229 e. The first kappa shape index (κ1) is 20.9. The van der Waals surface area contributed by atoms with Gasteiger partial charge in [-0.05, 0) is 49.8 Å². The summed E-state index contributed by atoms with van der Waals surface area (Å²) in [6.45, 7) is 5.91. The third-order valence-corrected chi connectivity index (χ3v) is 6.64. The van der Waals surface area contributed by atoms with E-state index in [1.165, 1.54) is 12.1 Å². The van der Waals surface area contributed by atoms with Gasteiger partial charge in [0, 0.05) is 23.1 Å². The number of hydrogen-bond donors (Lipinski definition) is 1. The van der Waals surface area contributed by atoms with Gasteiger partial charge in [-0.2, -0.15) is 11.8 Å². The smallest absolute Gasteiger partial charge is 0.229 e. The number of aromatic nitrogens is 2. The van der Waals surface area contributed by atoms with Gasteiger partial charge >= 0.3 is 0 Å². The van der Waals surface area contributed by atoms with Crippen LogP contribution < -0.4 is 5.43 Å². The number of benzene rings is 1. The van der Waals surface area contributed by atoms with Gasteiger partial charge in [-0.25, -0.2) is 19.8 Å². The van der Waals surface area contributed by atoms with Crippen molar-refractivity contribution in [3.05, 3.63) is 65.7 Å². The molecule has 0 spiro atoms. The molecule has 1 aliphatic carbocycles. The second-order valence-corrected chi connectivity index (χ2v) is 8.52. The summed E-state index contributed by atoms with van der Waals surface area (Å²) in [7, 11) is 0. The van der Waals surface area contributed by atoms with E-state index in [0.29, 0.717) is 11.8 Å².